The highest BCUT2D eigenvalue weighted by molar-refractivity contribution is 7.12. The van der Waals surface area contributed by atoms with Crippen LogP contribution in [-0.4, -0.2) is 35.3 Å². The van der Waals surface area contributed by atoms with E-state index in [0.717, 1.165) is 30.6 Å². The first-order chi connectivity index (χ1) is 10.6. The number of thiophene rings is 1. The van der Waals surface area contributed by atoms with E-state index >= 15 is 0 Å². The van der Waals surface area contributed by atoms with Gasteiger partial charge in [-0.2, -0.15) is 0 Å². The minimum absolute atomic E-state index is 0.00593. The molecule has 0 aromatic carbocycles. The van der Waals surface area contributed by atoms with Crippen LogP contribution in [0.1, 0.15) is 62.0 Å². The van der Waals surface area contributed by atoms with Crippen molar-refractivity contribution in [1.29, 1.82) is 0 Å². The molecular weight excluding hydrogens is 296 g/mol. The molecule has 2 atom stereocenters. The smallest absolute Gasteiger partial charge is 0.264 e. The normalized spacial score (nSPS) is 19.2. The lowest BCUT2D eigenvalue weighted by Gasteiger charge is -2.25. The molecule has 22 heavy (non-hydrogen) atoms. The molecule has 0 spiro atoms. The first-order valence-corrected chi connectivity index (χ1v) is 9.16. The van der Waals surface area contributed by atoms with E-state index in [-0.39, 0.29) is 23.9 Å². The summed E-state index contributed by atoms with van der Waals surface area (Å²) >= 11 is 1.44. The Hall–Kier alpha value is -1.36. The molecule has 0 aliphatic carbocycles. The van der Waals surface area contributed by atoms with Crippen molar-refractivity contribution in [3.63, 3.8) is 0 Å². The molecular formula is C17H26N2O2S. The Kier molecular flexibility index (Phi) is 6.43. The topological polar surface area (TPSA) is 49.4 Å². The van der Waals surface area contributed by atoms with Gasteiger partial charge in [0.15, 0.2) is 0 Å². The summed E-state index contributed by atoms with van der Waals surface area (Å²) in [6.07, 6.45) is 6.20. The second kappa shape index (κ2) is 8.32. The number of carbonyl (C=O) groups is 2. The minimum atomic E-state index is -0.303. The number of rotatable bonds is 7. The average Bonchev–Trinajstić information content (AvgIpc) is 3.18. The van der Waals surface area contributed by atoms with Crippen molar-refractivity contribution in [3.05, 3.63) is 22.4 Å². The van der Waals surface area contributed by atoms with Crippen molar-refractivity contribution < 1.29 is 9.59 Å². The lowest BCUT2D eigenvalue weighted by Crippen LogP contribution is -2.48. The summed E-state index contributed by atoms with van der Waals surface area (Å²) in [6.45, 7) is 4.91. The van der Waals surface area contributed by atoms with Gasteiger partial charge in [0.05, 0.1) is 4.88 Å². The number of unbranched alkanes of at least 4 members (excludes halogenated alkanes) is 2. The molecule has 2 rings (SSSR count). The summed E-state index contributed by atoms with van der Waals surface area (Å²) in [6, 6.07) is 3.58. The molecule has 1 aliphatic rings. The molecule has 1 aliphatic heterocycles. The summed E-state index contributed by atoms with van der Waals surface area (Å²) in [4.78, 5) is 27.4. The van der Waals surface area contributed by atoms with E-state index in [4.69, 9.17) is 0 Å². The maximum absolute atomic E-state index is 12.5. The third kappa shape index (κ3) is 4.32. The maximum atomic E-state index is 12.5. The lowest BCUT2D eigenvalue weighted by atomic mass is 10.1. The zero-order valence-corrected chi connectivity index (χ0v) is 14.3. The Bertz CT molecular complexity index is 487. The summed E-state index contributed by atoms with van der Waals surface area (Å²) in [7, 11) is 0. The number of carbonyl (C=O) groups excluding carboxylic acids is 2. The minimum Gasteiger partial charge on any atom is -0.352 e. The number of nitrogens with one attached hydrogen (secondary N) is 1. The van der Waals surface area contributed by atoms with E-state index in [2.05, 4.69) is 12.2 Å². The molecule has 1 N–H and O–H groups in total. The van der Waals surface area contributed by atoms with Crippen molar-refractivity contribution in [3.8, 4) is 0 Å². The molecule has 2 amide bonds. The van der Waals surface area contributed by atoms with Crippen LogP contribution in [-0.2, 0) is 4.79 Å². The highest BCUT2D eigenvalue weighted by atomic mass is 32.1. The molecule has 1 aromatic rings. The van der Waals surface area contributed by atoms with E-state index in [1.54, 1.807) is 4.90 Å². The van der Waals surface area contributed by atoms with Gasteiger partial charge in [-0.05, 0) is 37.6 Å². The summed E-state index contributed by atoms with van der Waals surface area (Å²) < 4.78 is 0. The highest BCUT2D eigenvalue weighted by Crippen LogP contribution is 2.22. The zero-order valence-electron chi connectivity index (χ0n) is 13.5. The largest absolute Gasteiger partial charge is 0.352 e. The van der Waals surface area contributed by atoms with Crippen LogP contribution in [0.2, 0.25) is 0 Å². The molecule has 1 fully saturated rings. The molecule has 122 valence electrons. The van der Waals surface area contributed by atoms with Crippen molar-refractivity contribution in [2.75, 3.05) is 6.54 Å². The molecule has 2 unspecified atom stereocenters. The monoisotopic (exact) mass is 322 g/mol. The zero-order chi connectivity index (χ0) is 15.9. The van der Waals surface area contributed by atoms with Crippen LogP contribution in [0.25, 0.3) is 0 Å². The van der Waals surface area contributed by atoms with Crippen molar-refractivity contribution >= 4 is 23.2 Å². The van der Waals surface area contributed by atoms with Gasteiger partial charge < -0.3 is 10.2 Å². The Morgan fingerprint density at radius 3 is 2.95 bits per heavy atom. The summed E-state index contributed by atoms with van der Waals surface area (Å²) in [5, 5.41) is 4.98. The number of likely N-dealkylation sites (tertiary alicyclic amines) is 1. The van der Waals surface area contributed by atoms with E-state index in [0.29, 0.717) is 6.54 Å². The maximum Gasteiger partial charge on any atom is 0.264 e. The second-order valence-electron chi connectivity index (χ2n) is 6.04. The third-order valence-electron chi connectivity index (χ3n) is 4.18. The first-order valence-electron chi connectivity index (χ1n) is 8.28. The second-order valence-corrected chi connectivity index (χ2v) is 6.99. The quantitative estimate of drug-likeness (QED) is 0.782. The molecule has 2 heterocycles. The van der Waals surface area contributed by atoms with Gasteiger partial charge in [-0.1, -0.05) is 32.3 Å². The predicted octanol–water partition coefficient (Wildman–Crippen LogP) is 3.44. The van der Waals surface area contributed by atoms with Gasteiger partial charge in [0.2, 0.25) is 5.91 Å². The van der Waals surface area contributed by atoms with Crippen molar-refractivity contribution in [2.45, 2.75) is 64.5 Å². The molecule has 0 bridgehead atoms. The van der Waals surface area contributed by atoms with Crippen LogP contribution in [0, 0.1) is 0 Å². The SMILES string of the molecule is CCCCCC(C)NC(=O)C1CCCN1C(=O)c1cccs1. The van der Waals surface area contributed by atoms with E-state index in [1.807, 2.05) is 24.4 Å². The Morgan fingerprint density at radius 2 is 2.27 bits per heavy atom. The fourth-order valence-electron chi connectivity index (χ4n) is 2.94. The first kappa shape index (κ1) is 17.0. The van der Waals surface area contributed by atoms with Crippen molar-refractivity contribution in [1.82, 2.24) is 10.2 Å². The van der Waals surface area contributed by atoms with Gasteiger partial charge in [0.1, 0.15) is 6.04 Å². The van der Waals surface area contributed by atoms with Gasteiger partial charge in [-0.15, -0.1) is 11.3 Å². The molecule has 5 heteroatoms. The van der Waals surface area contributed by atoms with Gasteiger partial charge >= 0.3 is 0 Å². The standard InChI is InChI=1S/C17H26N2O2S/c1-3-4-5-8-13(2)18-16(20)14-9-6-11-19(14)17(21)15-10-7-12-22-15/h7,10,12-14H,3-6,8-9,11H2,1-2H3,(H,18,20). The summed E-state index contributed by atoms with van der Waals surface area (Å²) in [5.41, 5.74) is 0. The van der Waals surface area contributed by atoms with Gasteiger partial charge in [0, 0.05) is 12.6 Å². The number of hydrogen-bond acceptors (Lipinski definition) is 3. The Balaban J connectivity index is 1.89. The van der Waals surface area contributed by atoms with Gasteiger partial charge in [0.25, 0.3) is 5.91 Å². The van der Waals surface area contributed by atoms with Gasteiger partial charge in [-0.3, -0.25) is 9.59 Å². The van der Waals surface area contributed by atoms with Crippen LogP contribution in [0.3, 0.4) is 0 Å². The predicted molar refractivity (Wildman–Crippen MR) is 90.1 cm³/mol. The van der Waals surface area contributed by atoms with Crippen LogP contribution in [0.5, 0.6) is 0 Å². The fraction of sp³-hybridized carbons (Fsp3) is 0.647. The van der Waals surface area contributed by atoms with E-state index in [1.165, 1.54) is 24.2 Å². The molecule has 1 saturated heterocycles. The van der Waals surface area contributed by atoms with Crippen LogP contribution in [0.4, 0.5) is 0 Å². The van der Waals surface area contributed by atoms with Crippen LogP contribution in [0.15, 0.2) is 17.5 Å². The van der Waals surface area contributed by atoms with E-state index in [9.17, 15) is 9.59 Å². The summed E-state index contributed by atoms with van der Waals surface area (Å²) in [5.74, 6) is -0.00214. The molecule has 1 aromatic heterocycles. The number of amides is 2. The van der Waals surface area contributed by atoms with Crippen molar-refractivity contribution in [2.24, 2.45) is 0 Å². The molecule has 4 nitrogen and oxygen atoms in total. The number of nitrogens with zero attached hydrogens (tertiary/aromatic N) is 1. The van der Waals surface area contributed by atoms with Crippen LogP contribution < -0.4 is 5.32 Å². The average molecular weight is 322 g/mol. The fourth-order valence-corrected chi connectivity index (χ4v) is 3.61. The van der Waals surface area contributed by atoms with Crippen LogP contribution >= 0.6 is 11.3 Å². The highest BCUT2D eigenvalue weighted by Gasteiger charge is 2.35. The molecule has 0 saturated carbocycles. The Morgan fingerprint density at radius 1 is 1.45 bits per heavy atom. The Labute approximate surface area is 136 Å². The third-order valence-corrected chi connectivity index (χ3v) is 5.04. The lowest BCUT2D eigenvalue weighted by molar-refractivity contribution is -0.125. The molecule has 0 radical (unpaired) electrons. The number of hydrogen-bond donors (Lipinski definition) is 1. The van der Waals surface area contributed by atoms with E-state index < -0.39 is 0 Å². The van der Waals surface area contributed by atoms with Gasteiger partial charge in [-0.25, -0.2) is 0 Å².